The van der Waals surface area contributed by atoms with E-state index in [4.69, 9.17) is 5.84 Å². The monoisotopic (exact) mass is 287 g/mol. The molecular formula is C18H29N3. The summed E-state index contributed by atoms with van der Waals surface area (Å²) < 4.78 is 0. The van der Waals surface area contributed by atoms with Crippen molar-refractivity contribution in [3.05, 3.63) is 29.6 Å². The second-order valence-electron chi connectivity index (χ2n) is 7.30. The molecule has 3 rings (SSSR count). The highest BCUT2D eigenvalue weighted by Crippen LogP contribution is 2.41. The maximum atomic E-state index is 5.96. The van der Waals surface area contributed by atoms with Gasteiger partial charge in [-0.05, 0) is 67.9 Å². The lowest BCUT2D eigenvalue weighted by Gasteiger charge is -2.37. The quantitative estimate of drug-likeness (QED) is 0.659. The Morgan fingerprint density at radius 3 is 2.52 bits per heavy atom. The summed E-state index contributed by atoms with van der Waals surface area (Å²) in [7, 11) is 0. The Balaban J connectivity index is 1.70. The van der Waals surface area contributed by atoms with Gasteiger partial charge in [0, 0.05) is 23.9 Å². The van der Waals surface area contributed by atoms with E-state index in [-0.39, 0.29) is 0 Å². The zero-order valence-electron chi connectivity index (χ0n) is 13.4. The Labute approximate surface area is 128 Å². The molecule has 2 atom stereocenters. The summed E-state index contributed by atoms with van der Waals surface area (Å²) in [6.07, 6.45) is 9.65. The van der Waals surface area contributed by atoms with Crippen LogP contribution >= 0.6 is 0 Å². The second-order valence-corrected chi connectivity index (χ2v) is 7.30. The van der Waals surface area contributed by atoms with Crippen LogP contribution in [0.25, 0.3) is 0 Å². The minimum atomic E-state index is 0.397. The molecule has 2 unspecified atom stereocenters. The Kier molecular flexibility index (Phi) is 4.60. The molecule has 3 heteroatoms. The maximum absolute atomic E-state index is 5.96. The number of nitrogens with zero attached hydrogens (tertiary/aromatic N) is 1. The topological polar surface area (TPSA) is 50.9 Å². The third-order valence-electron chi connectivity index (χ3n) is 5.90. The normalized spacial score (nSPS) is 30.4. The smallest absolute Gasteiger partial charge is 0.0482 e. The molecule has 116 valence electrons. The largest absolute Gasteiger partial charge is 0.271 e. The van der Waals surface area contributed by atoms with Crippen molar-refractivity contribution < 1.29 is 0 Å². The molecule has 1 saturated carbocycles. The number of fused-ring (bicyclic) bond motifs is 1. The second kappa shape index (κ2) is 6.45. The van der Waals surface area contributed by atoms with Gasteiger partial charge in [0.15, 0.2) is 0 Å². The molecule has 3 N–H and O–H groups in total. The van der Waals surface area contributed by atoms with Gasteiger partial charge in [-0.3, -0.25) is 16.3 Å². The molecule has 0 bridgehead atoms. The number of hydrogen-bond acceptors (Lipinski definition) is 3. The first-order valence-corrected chi connectivity index (χ1v) is 8.60. The molecule has 0 radical (unpaired) electrons. The van der Waals surface area contributed by atoms with Crippen LogP contribution in [0.1, 0.15) is 63.1 Å². The van der Waals surface area contributed by atoms with Gasteiger partial charge in [0.05, 0.1) is 0 Å². The van der Waals surface area contributed by atoms with Gasteiger partial charge < -0.3 is 0 Å². The lowest BCUT2D eigenvalue weighted by atomic mass is 9.72. The van der Waals surface area contributed by atoms with Crippen LogP contribution in [0.15, 0.2) is 18.3 Å². The first-order valence-electron chi connectivity index (χ1n) is 8.60. The van der Waals surface area contributed by atoms with Crippen LogP contribution in [0.3, 0.4) is 0 Å². The van der Waals surface area contributed by atoms with Crippen LogP contribution in [0, 0.1) is 17.8 Å². The van der Waals surface area contributed by atoms with Gasteiger partial charge in [0.1, 0.15) is 0 Å². The third kappa shape index (κ3) is 3.00. The van der Waals surface area contributed by atoms with Crippen molar-refractivity contribution in [2.75, 3.05) is 0 Å². The lowest BCUT2D eigenvalue weighted by molar-refractivity contribution is 0.174. The molecule has 2 aliphatic rings. The summed E-state index contributed by atoms with van der Waals surface area (Å²) in [5.41, 5.74) is 5.89. The third-order valence-corrected chi connectivity index (χ3v) is 5.90. The van der Waals surface area contributed by atoms with Crippen LogP contribution in [0.4, 0.5) is 0 Å². The molecule has 1 aromatic rings. The summed E-state index contributed by atoms with van der Waals surface area (Å²) in [5, 5.41) is 0. The van der Waals surface area contributed by atoms with E-state index >= 15 is 0 Å². The number of hydrazine groups is 1. The van der Waals surface area contributed by atoms with E-state index < -0.39 is 0 Å². The van der Waals surface area contributed by atoms with Gasteiger partial charge in [0.2, 0.25) is 0 Å². The SMILES string of the molecule is CC(C)C1CCC(C(NN)C2CCc3cccnc32)CC1. The van der Waals surface area contributed by atoms with Crippen molar-refractivity contribution in [1.82, 2.24) is 10.4 Å². The zero-order valence-corrected chi connectivity index (χ0v) is 13.4. The molecule has 0 aromatic carbocycles. The first kappa shape index (κ1) is 15.0. The van der Waals surface area contributed by atoms with Crippen molar-refractivity contribution in [3.8, 4) is 0 Å². The summed E-state index contributed by atoms with van der Waals surface area (Å²) in [6, 6.07) is 4.68. The van der Waals surface area contributed by atoms with Crippen molar-refractivity contribution in [1.29, 1.82) is 0 Å². The molecule has 2 aliphatic carbocycles. The standard InChI is InChI=1S/C18H29N3/c1-12(2)13-5-7-15(8-6-13)18(21-19)16-10-9-14-4-3-11-20-17(14)16/h3-4,11-13,15-16,18,21H,5-10,19H2,1-2H3. The van der Waals surface area contributed by atoms with Crippen molar-refractivity contribution in [3.63, 3.8) is 0 Å². The molecule has 0 amide bonds. The lowest BCUT2D eigenvalue weighted by Crippen LogP contribution is -2.46. The molecule has 0 spiro atoms. The van der Waals surface area contributed by atoms with Crippen LogP contribution in [0.5, 0.6) is 0 Å². The number of aryl methyl sites for hydroxylation is 1. The molecule has 0 aliphatic heterocycles. The van der Waals surface area contributed by atoms with Gasteiger partial charge in [-0.2, -0.15) is 0 Å². The van der Waals surface area contributed by atoms with Crippen LogP contribution in [-0.4, -0.2) is 11.0 Å². The van der Waals surface area contributed by atoms with E-state index in [0.29, 0.717) is 17.9 Å². The number of aromatic nitrogens is 1. The summed E-state index contributed by atoms with van der Waals surface area (Å²) >= 11 is 0. The molecule has 1 heterocycles. The fourth-order valence-corrected chi connectivity index (χ4v) is 4.54. The Morgan fingerprint density at radius 1 is 1.14 bits per heavy atom. The summed E-state index contributed by atoms with van der Waals surface area (Å²) in [4.78, 5) is 4.65. The molecular weight excluding hydrogens is 258 g/mol. The van der Waals surface area contributed by atoms with Gasteiger partial charge >= 0.3 is 0 Å². The first-order chi connectivity index (χ1) is 10.2. The number of nitrogens with two attached hydrogens (primary N) is 1. The molecule has 1 fully saturated rings. The highest BCUT2D eigenvalue weighted by Gasteiger charge is 2.37. The van der Waals surface area contributed by atoms with E-state index in [2.05, 4.69) is 36.4 Å². The molecule has 3 nitrogen and oxygen atoms in total. The van der Waals surface area contributed by atoms with E-state index in [1.165, 1.54) is 43.4 Å². The van der Waals surface area contributed by atoms with E-state index in [1.807, 2.05) is 6.20 Å². The van der Waals surface area contributed by atoms with E-state index in [0.717, 1.165) is 18.3 Å². The van der Waals surface area contributed by atoms with Crippen molar-refractivity contribution >= 4 is 0 Å². The summed E-state index contributed by atoms with van der Waals surface area (Å²) in [6.45, 7) is 4.72. The van der Waals surface area contributed by atoms with Gasteiger partial charge in [0.25, 0.3) is 0 Å². The molecule has 1 aromatic heterocycles. The van der Waals surface area contributed by atoms with Crippen LogP contribution < -0.4 is 11.3 Å². The summed E-state index contributed by atoms with van der Waals surface area (Å²) in [5.74, 6) is 8.91. The Bertz CT molecular complexity index is 463. The predicted molar refractivity (Wildman–Crippen MR) is 86.7 cm³/mol. The number of rotatable bonds is 4. The Hall–Kier alpha value is -0.930. The maximum Gasteiger partial charge on any atom is 0.0482 e. The van der Waals surface area contributed by atoms with E-state index in [1.54, 1.807) is 0 Å². The van der Waals surface area contributed by atoms with Gasteiger partial charge in [-0.15, -0.1) is 0 Å². The average molecular weight is 287 g/mol. The van der Waals surface area contributed by atoms with Gasteiger partial charge in [-0.1, -0.05) is 19.9 Å². The fourth-order valence-electron chi connectivity index (χ4n) is 4.54. The van der Waals surface area contributed by atoms with Crippen LogP contribution in [0.2, 0.25) is 0 Å². The van der Waals surface area contributed by atoms with Crippen molar-refractivity contribution in [2.24, 2.45) is 23.6 Å². The number of hydrogen-bond donors (Lipinski definition) is 2. The molecule has 21 heavy (non-hydrogen) atoms. The number of nitrogens with one attached hydrogen (secondary N) is 1. The fraction of sp³-hybridized carbons (Fsp3) is 0.722. The molecule has 0 saturated heterocycles. The highest BCUT2D eigenvalue weighted by atomic mass is 15.2. The average Bonchev–Trinajstić information content (AvgIpc) is 2.93. The Morgan fingerprint density at radius 2 is 1.86 bits per heavy atom. The van der Waals surface area contributed by atoms with E-state index in [9.17, 15) is 0 Å². The highest BCUT2D eigenvalue weighted by molar-refractivity contribution is 5.30. The van der Waals surface area contributed by atoms with Crippen LogP contribution in [-0.2, 0) is 6.42 Å². The van der Waals surface area contributed by atoms with Gasteiger partial charge in [-0.25, -0.2) is 0 Å². The predicted octanol–water partition coefficient (Wildman–Crippen LogP) is 3.41. The zero-order chi connectivity index (χ0) is 14.8. The number of pyridine rings is 1. The van der Waals surface area contributed by atoms with Crippen molar-refractivity contribution in [2.45, 2.75) is 64.3 Å². The minimum absolute atomic E-state index is 0.397. The minimum Gasteiger partial charge on any atom is -0.271 e.